The Bertz CT molecular complexity index is 1920. The van der Waals surface area contributed by atoms with Gasteiger partial charge >= 0.3 is 27.1 Å². The summed E-state index contributed by atoms with van der Waals surface area (Å²) in [6.45, 7) is 20.0. The first kappa shape index (κ1) is 50.9. The second-order valence-corrected chi connectivity index (χ2v) is 24.5. The Labute approximate surface area is 337 Å². The lowest BCUT2D eigenvalue weighted by molar-refractivity contribution is -0.385. The summed E-state index contributed by atoms with van der Waals surface area (Å²) in [7, 11) is -13.8. The average Bonchev–Trinajstić information content (AvgIpc) is 3.20. The summed E-state index contributed by atoms with van der Waals surface area (Å²) in [6.07, 6.45) is -0.677. The number of ether oxygens (including phenoxy) is 2. The summed E-state index contributed by atoms with van der Waals surface area (Å²) >= 11 is 1.13. The van der Waals surface area contributed by atoms with E-state index in [0.717, 1.165) is 28.8 Å². The number of phosphoric acid groups is 1. The average molecular weight is 891 g/mol. The van der Waals surface area contributed by atoms with Crippen molar-refractivity contribution in [2.45, 2.75) is 158 Å². The van der Waals surface area contributed by atoms with Crippen LogP contribution in [0.4, 0.5) is 5.69 Å². The van der Waals surface area contributed by atoms with E-state index in [-0.39, 0.29) is 25.9 Å². The number of nitrogens with zero attached hydrogens (tertiary/aromatic N) is 2. The zero-order valence-electron chi connectivity index (χ0n) is 34.5. The Morgan fingerprint density at radius 2 is 1.51 bits per heavy atom. The predicted octanol–water partition coefficient (Wildman–Crippen LogP) is 6.78. The molecule has 0 saturated carbocycles. The molecule has 2 rings (SSSR count). The smallest absolute Gasteiger partial charge is 0.419 e. The Kier molecular flexibility index (Phi) is 15.5. The molecular weight excluding hydrogens is 834 g/mol. The van der Waals surface area contributed by atoms with Gasteiger partial charge in [-0.2, -0.15) is 8.42 Å². The largest absolute Gasteiger partial charge is 0.473 e. The van der Waals surface area contributed by atoms with Gasteiger partial charge in [-0.15, -0.1) is 11.8 Å². The van der Waals surface area contributed by atoms with Crippen molar-refractivity contribution in [2.75, 3.05) is 6.61 Å². The minimum atomic E-state index is -4.80. The third kappa shape index (κ3) is 15.0. The lowest BCUT2D eigenvalue weighted by Gasteiger charge is -2.40. The van der Waals surface area contributed by atoms with Crippen LogP contribution in [0.15, 0.2) is 23.1 Å². The third-order valence-corrected chi connectivity index (χ3v) is 14.2. The maximum Gasteiger partial charge on any atom is 0.473 e. The number of thioether (sulfide) groups is 1. The molecule has 0 spiro atoms. The number of likely N-dealkylation sites (tertiary alicyclic amines) is 1. The molecule has 0 radical (unpaired) electrons. The molecule has 0 aromatic heterocycles. The first-order valence-electron chi connectivity index (χ1n) is 17.6. The van der Waals surface area contributed by atoms with Crippen LogP contribution in [0.2, 0.25) is 0 Å². The van der Waals surface area contributed by atoms with E-state index in [4.69, 9.17) is 23.0 Å². The van der Waals surface area contributed by atoms with Crippen molar-refractivity contribution in [3.63, 3.8) is 0 Å². The van der Waals surface area contributed by atoms with Crippen molar-refractivity contribution >= 4 is 60.8 Å². The Morgan fingerprint density at radius 1 is 0.947 bits per heavy atom. The third-order valence-electron chi connectivity index (χ3n) is 8.21. The number of carbonyl (C=O) groups is 3. The molecule has 1 saturated heterocycles. The lowest BCUT2D eigenvalue weighted by Crippen LogP contribution is -2.50. The van der Waals surface area contributed by atoms with Gasteiger partial charge in [0.05, 0.1) is 45.5 Å². The first-order chi connectivity index (χ1) is 25.2. The molecule has 23 heteroatoms. The van der Waals surface area contributed by atoms with Gasteiger partial charge in [0.2, 0.25) is 17.6 Å². The zero-order chi connectivity index (χ0) is 44.6. The van der Waals surface area contributed by atoms with Crippen LogP contribution < -0.4 is 4.74 Å². The van der Waals surface area contributed by atoms with Crippen LogP contribution in [-0.2, 0) is 51.9 Å². The zero-order valence-corrected chi connectivity index (χ0v) is 37.9. The molecule has 0 aliphatic carbocycles. The van der Waals surface area contributed by atoms with E-state index in [1.165, 1.54) is 27.7 Å². The molecular formula is C34H56N2O17P2S2. The second-order valence-electron chi connectivity index (χ2n) is 17.6. The van der Waals surface area contributed by atoms with Crippen molar-refractivity contribution in [2.24, 2.45) is 0 Å². The highest BCUT2D eigenvalue weighted by atomic mass is 32.2. The summed E-state index contributed by atoms with van der Waals surface area (Å²) < 4.78 is 84.5. The Morgan fingerprint density at radius 3 is 2.02 bits per heavy atom. The quantitative estimate of drug-likeness (QED) is 0.0231. The van der Waals surface area contributed by atoms with E-state index < -0.39 is 109 Å². The summed E-state index contributed by atoms with van der Waals surface area (Å²) in [4.78, 5) is 71.7. The highest BCUT2D eigenvalue weighted by Gasteiger charge is 2.51. The number of hydrogen-bond acceptors (Lipinski definition) is 15. The molecule has 3 unspecified atom stereocenters. The van der Waals surface area contributed by atoms with Crippen molar-refractivity contribution in [1.82, 2.24) is 4.90 Å². The van der Waals surface area contributed by atoms with Crippen molar-refractivity contribution in [1.29, 1.82) is 0 Å². The van der Waals surface area contributed by atoms with Crippen molar-refractivity contribution in [3.05, 3.63) is 28.3 Å². The fourth-order valence-electron chi connectivity index (χ4n) is 6.09. The van der Waals surface area contributed by atoms with Crippen LogP contribution in [0.5, 0.6) is 5.75 Å². The fourth-order valence-corrected chi connectivity index (χ4v) is 10.9. The van der Waals surface area contributed by atoms with E-state index in [0.29, 0.717) is 6.07 Å². The van der Waals surface area contributed by atoms with Gasteiger partial charge in [0.15, 0.2) is 5.34 Å². The maximum atomic E-state index is 13.7. The van der Waals surface area contributed by atoms with E-state index in [1.807, 2.05) is 0 Å². The van der Waals surface area contributed by atoms with Crippen LogP contribution in [0.1, 0.15) is 116 Å². The molecule has 3 N–H and O–H groups in total. The van der Waals surface area contributed by atoms with Gasteiger partial charge in [0.25, 0.3) is 10.1 Å². The molecule has 0 bridgehead atoms. The van der Waals surface area contributed by atoms with Gasteiger partial charge in [-0.1, -0.05) is 13.8 Å². The first-order valence-corrected chi connectivity index (χ1v) is 23.0. The van der Waals surface area contributed by atoms with Crippen molar-refractivity contribution in [3.8, 4) is 5.75 Å². The highest BCUT2D eigenvalue weighted by Crippen LogP contribution is 2.60. The van der Waals surface area contributed by atoms with E-state index in [2.05, 4.69) is 0 Å². The van der Waals surface area contributed by atoms with E-state index in [1.54, 1.807) is 62.3 Å². The second kappa shape index (κ2) is 17.4. The Hall–Kier alpha value is -2.29. The van der Waals surface area contributed by atoms with Gasteiger partial charge < -0.3 is 23.8 Å². The number of rotatable bonds is 20. The van der Waals surface area contributed by atoms with Crippen LogP contribution in [0, 0.1) is 10.1 Å². The highest BCUT2D eigenvalue weighted by molar-refractivity contribution is 8.02. The molecule has 326 valence electrons. The molecule has 1 aliphatic heterocycles. The predicted molar refractivity (Wildman–Crippen MR) is 209 cm³/mol. The lowest BCUT2D eigenvalue weighted by atomic mass is 9.96. The number of phosphoric ester groups is 1. The topological polar surface area (TPSA) is 273 Å². The van der Waals surface area contributed by atoms with Gasteiger partial charge in [-0.25, -0.2) is 4.57 Å². The Balaban J connectivity index is 2.09. The number of hydrogen-bond donors (Lipinski definition) is 3. The number of esters is 1. The van der Waals surface area contributed by atoms with Gasteiger partial charge in [0.1, 0.15) is 4.90 Å². The fraction of sp³-hybridized carbons (Fsp3) is 0.735. The summed E-state index contributed by atoms with van der Waals surface area (Å²) in [5.41, 5.74) is -5.84. The molecule has 2 amide bonds. The molecule has 19 nitrogen and oxygen atoms in total. The standard InChI is InChI=1S/C34H56N2O17P2S2/c1-29(2,3)51-55(44,45)53-31(6,7)16-17-49-34(12,13)54(42,43)52-32(8,9)21-33(10,11)56-25-19-26(37)35(28(25)39)30(4,5)20-27(38)50-24-15-14-22(57(46,47)48)18-23(24)36(40)41/h14-15,18,25H,16-17,19-21H2,1-13H3,(H,42,43)(H,44,45)(H,46,47,48). The van der Waals surface area contributed by atoms with E-state index >= 15 is 0 Å². The molecule has 1 heterocycles. The summed E-state index contributed by atoms with van der Waals surface area (Å²) in [5, 5.41) is 8.87. The van der Waals surface area contributed by atoms with Gasteiger partial charge in [-0.05, 0) is 101 Å². The number of amides is 2. The van der Waals surface area contributed by atoms with Crippen LogP contribution in [0.3, 0.4) is 0 Å². The molecule has 1 aromatic rings. The molecule has 1 aliphatic rings. The van der Waals surface area contributed by atoms with Gasteiger partial charge in [-0.3, -0.25) is 47.6 Å². The number of benzene rings is 1. The number of imide groups is 1. The molecule has 57 heavy (non-hydrogen) atoms. The molecule has 3 atom stereocenters. The van der Waals surface area contributed by atoms with Crippen LogP contribution >= 0.6 is 27.2 Å². The minimum Gasteiger partial charge on any atom is -0.419 e. The normalized spacial score (nSPS) is 18.7. The summed E-state index contributed by atoms with van der Waals surface area (Å²) in [5.74, 6) is -2.90. The monoisotopic (exact) mass is 890 g/mol. The van der Waals surface area contributed by atoms with E-state index in [9.17, 15) is 56.4 Å². The van der Waals surface area contributed by atoms with Crippen LogP contribution in [-0.4, -0.2) is 94.7 Å². The molecule has 1 fully saturated rings. The number of carbonyl (C=O) groups excluding carboxylic acids is 3. The number of nitro groups is 1. The molecule has 1 aromatic carbocycles. The maximum absolute atomic E-state index is 13.7. The van der Waals surface area contributed by atoms with Crippen molar-refractivity contribution < 1.29 is 74.2 Å². The van der Waals surface area contributed by atoms with Crippen LogP contribution in [0.25, 0.3) is 0 Å². The summed E-state index contributed by atoms with van der Waals surface area (Å²) in [6, 6.07) is 2.14. The van der Waals surface area contributed by atoms with Gasteiger partial charge in [0, 0.05) is 17.2 Å². The SMILES string of the molecule is CC(C)(C)OP(=O)(O)OC(C)(C)CCOC(C)(C)P(=O)(O)OC(C)(C)CC(C)(C)SC1CC(=O)N(C(C)(C)CC(=O)Oc2ccc(S(=O)(=O)O)cc2[N+](=O)[O-])C1=O. The number of nitro benzene ring substituents is 1. The minimum absolute atomic E-state index is 0.0423.